The number of hydrogen-bond acceptors (Lipinski definition) is 5. The molecule has 3 amide bonds. The highest BCUT2D eigenvalue weighted by molar-refractivity contribution is 6.21. The van der Waals surface area contributed by atoms with E-state index in [2.05, 4.69) is 15.5 Å². The molecule has 0 saturated heterocycles. The van der Waals surface area contributed by atoms with Crippen molar-refractivity contribution >= 4 is 23.4 Å². The number of nitrogens with zero attached hydrogens (tertiary/aromatic N) is 5. The van der Waals surface area contributed by atoms with Gasteiger partial charge in [0.25, 0.3) is 11.8 Å². The van der Waals surface area contributed by atoms with Crippen molar-refractivity contribution in [1.29, 1.82) is 0 Å². The summed E-state index contributed by atoms with van der Waals surface area (Å²) >= 11 is 0. The first-order chi connectivity index (χ1) is 15.5. The number of anilines is 1. The van der Waals surface area contributed by atoms with E-state index in [-0.39, 0.29) is 17.7 Å². The maximum atomic E-state index is 12.3. The first kappa shape index (κ1) is 21.5. The zero-order valence-electron chi connectivity index (χ0n) is 18.0. The van der Waals surface area contributed by atoms with Gasteiger partial charge in [-0.15, -0.1) is 0 Å². The maximum Gasteiger partial charge on any atom is 0.261 e. The van der Waals surface area contributed by atoms with E-state index in [0.717, 1.165) is 18.5 Å². The zero-order valence-corrected chi connectivity index (χ0v) is 18.0. The smallest absolute Gasteiger partial charge is 0.261 e. The molecule has 3 aromatic rings. The van der Waals surface area contributed by atoms with Crippen molar-refractivity contribution in [3.05, 3.63) is 65.7 Å². The average Bonchev–Trinajstić information content (AvgIpc) is 3.49. The zero-order chi connectivity index (χ0) is 22.5. The van der Waals surface area contributed by atoms with E-state index in [0.29, 0.717) is 49.2 Å². The molecule has 0 unspecified atom stereocenters. The molecule has 2 aromatic heterocycles. The van der Waals surface area contributed by atoms with Crippen LogP contribution in [0.2, 0.25) is 0 Å². The van der Waals surface area contributed by atoms with Gasteiger partial charge in [-0.25, -0.2) is 0 Å². The van der Waals surface area contributed by atoms with Crippen molar-refractivity contribution in [3.8, 4) is 0 Å². The van der Waals surface area contributed by atoms with Crippen LogP contribution in [0.1, 0.15) is 58.9 Å². The fourth-order valence-corrected chi connectivity index (χ4v) is 3.76. The van der Waals surface area contributed by atoms with E-state index in [4.69, 9.17) is 0 Å². The van der Waals surface area contributed by atoms with Crippen molar-refractivity contribution in [3.63, 3.8) is 0 Å². The summed E-state index contributed by atoms with van der Waals surface area (Å²) in [5.41, 5.74) is 2.64. The van der Waals surface area contributed by atoms with Gasteiger partial charge in [0.2, 0.25) is 5.91 Å². The van der Waals surface area contributed by atoms with Gasteiger partial charge in [-0.1, -0.05) is 18.6 Å². The van der Waals surface area contributed by atoms with Crippen molar-refractivity contribution in [2.45, 2.75) is 45.7 Å². The number of fused-ring (bicyclic) bond motifs is 1. The first-order valence-corrected chi connectivity index (χ1v) is 10.8. The highest BCUT2D eigenvalue weighted by atomic mass is 16.2. The monoisotopic (exact) mass is 434 g/mol. The molecule has 1 N–H and O–H groups in total. The van der Waals surface area contributed by atoms with Crippen LogP contribution < -0.4 is 5.32 Å². The van der Waals surface area contributed by atoms with E-state index in [9.17, 15) is 14.4 Å². The molecule has 4 rings (SSSR count). The fourth-order valence-electron chi connectivity index (χ4n) is 3.76. The van der Waals surface area contributed by atoms with Gasteiger partial charge in [-0.2, -0.15) is 10.2 Å². The van der Waals surface area contributed by atoms with Crippen molar-refractivity contribution in [1.82, 2.24) is 24.5 Å². The summed E-state index contributed by atoms with van der Waals surface area (Å²) < 4.78 is 3.62. The summed E-state index contributed by atoms with van der Waals surface area (Å²) in [7, 11) is 0. The van der Waals surface area contributed by atoms with Crippen LogP contribution >= 0.6 is 0 Å². The number of benzene rings is 1. The normalized spacial score (nSPS) is 13.0. The Bertz CT molecular complexity index is 1100. The minimum absolute atomic E-state index is 0.0796. The molecule has 9 heteroatoms. The van der Waals surface area contributed by atoms with Crippen LogP contribution in [-0.4, -0.2) is 48.7 Å². The molecule has 1 aliphatic rings. The minimum atomic E-state index is -0.234. The Balaban J connectivity index is 1.16. The third-order valence-corrected chi connectivity index (χ3v) is 5.44. The topological polar surface area (TPSA) is 102 Å². The van der Waals surface area contributed by atoms with Gasteiger partial charge in [-0.05, 0) is 31.9 Å². The first-order valence-electron chi connectivity index (χ1n) is 10.8. The van der Waals surface area contributed by atoms with Crippen LogP contribution in [-0.2, 0) is 17.9 Å². The van der Waals surface area contributed by atoms with Gasteiger partial charge in [0.1, 0.15) is 0 Å². The van der Waals surface area contributed by atoms with Crippen LogP contribution in [0.15, 0.2) is 49.1 Å². The van der Waals surface area contributed by atoms with Crippen molar-refractivity contribution in [2.24, 2.45) is 0 Å². The lowest BCUT2D eigenvalue weighted by molar-refractivity contribution is -0.116. The number of rotatable bonds is 10. The Labute approximate surface area is 186 Å². The van der Waals surface area contributed by atoms with Crippen molar-refractivity contribution in [2.75, 3.05) is 11.9 Å². The van der Waals surface area contributed by atoms with Crippen LogP contribution in [0.5, 0.6) is 0 Å². The lowest BCUT2D eigenvalue weighted by Gasteiger charge is -2.13. The Kier molecular flexibility index (Phi) is 6.44. The van der Waals surface area contributed by atoms with Gasteiger partial charge in [-0.3, -0.25) is 28.6 Å². The molecule has 32 heavy (non-hydrogen) atoms. The maximum absolute atomic E-state index is 12.3. The predicted molar refractivity (Wildman–Crippen MR) is 118 cm³/mol. The van der Waals surface area contributed by atoms with E-state index in [1.54, 1.807) is 41.3 Å². The van der Waals surface area contributed by atoms with Gasteiger partial charge < -0.3 is 5.32 Å². The Hall–Kier alpha value is -3.75. The van der Waals surface area contributed by atoms with Crippen LogP contribution in [0.4, 0.5) is 5.69 Å². The highest BCUT2D eigenvalue weighted by Crippen LogP contribution is 2.22. The fraction of sp³-hybridized carbons (Fsp3) is 0.348. The van der Waals surface area contributed by atoms with E-state index in [1.807, 2.05) is 24.0 Å². The minimum Gasteiger partial charge on any atom is -0.323 e. The Morgan fingerprint density at radius 3 is 2.34 bits per heavy atom. The highest BCUT2D eigenvalue weighted by Gasteiger charge is 2.34. The number of carbonyl (C=O) groups excluding carboxylic acids is 3. The molecule has 1 aliphatic heterocycles. The van der Waals surface area contributed by atoms with E-state index < -0.39 is 0 Å². The average molecular weight is 435 g/mol. The summed E-state index contributed by atoms with van der Waals surface area (Å²) in [5, 5.41) is 11.4. The number of aryl methyl sites for hydroxylation is 1. The van der Waals surface area contributed by atoms with Crippen LogP contribution in [0.25, 0.3) is 0 Å². The lowest BCUT2D eigenvalue weighted by Crippen LogP contribution is -2.30. The predicted octanol–water partition coefficient (Wildman–Crippen LogP) is 2.94. The molecule has 3 heterocycles. The van der Waals surface area contributed by atoms with Gasteiger partial charge >= 0.3 is 0 Å². The number of carbonyl (C=O) groups is 3. The number of unbranched alkanes of at least 4 members (excludes halogenated alkanes) is 2. The number of aromatic nitrogens is 4. The van der Waals surface area contributed by atoms with Crippen LogP contribution in [0.3, 0.4) is 0 Å². The quantitative estimate of drug-likeness (QED) is 0.390. The molecule has 0 saturated carbocycles. The molecule has 0 fully saturated rings. The number of nitrogens with one attached hydrogen (secondary N) is 1. The molecule has 0 spiro atoms. The summed E-state index contributed by atoms with van der Waals surface area (Å²) in [4.78, 5) is 38.2. The molecule has 0 aliphatic carbocycles. The van der Waals surface area contributed by atoms with Gasteiger partial charge in [0.15, 0.2) is 0 Å². The summed E-state index contributed by atoms with van der Waals surface area (Å²) in [5.74, 6) is -0.547. The lowest BCUT2D eigenvalue weighted by atomic mass is 10.1. The molecule has 1 aromatic carbocycles. The molecular formula is C23H26N6O3. The molecule has 0 atom stereocenters. The molecular weight excluding hydrogens is 408 g/mol. The largest absolute Gasteiger partial charge is 0.323 e. The van der Waals surface area contributed by atoms with Crippen LogP contribution in [0, 0.1) is 0 Å². The summed E-state index contributed by atoms with van der Waals surface area (Å²) in [6.45, 7) is 3.81. The SMILES string of the molecule is CCn1cc(Cn2cc(NC(=O)CCCCCN3C(=O)c4ccccc4C3=O)cn2)cn1. The molecule has 9 nitrogen and oxygen atoms in total. The second-order valence-corrected chi connectivity index (χ2v) is 7.80. The molecule has 0 bridgehead atoms. The third-order valence-electron chi connectivity index (χ3n) is 5.44. The number of amides is 3. The summed E-state index contributed by atoms with van der Waals surface area (Å²) in [6, 6.07) is 6.88. The van der Waals surface area contributed by atoms with Gasteiger partial charge in [0, 0.05) is 37.5 Å². The Morgan fingerprint density at radius 2 is 1.66 bits per heavy atom. The molecule has 166 valence electrons. The second kappa shape index (κ2) is 9.59. The van der Waals surface area contributed by atoms with E-state index >= 15 is 0 Å². The van der Waals surface area contributed by atoms with E-state index in [1.165, 1.54) is 4.90 Å². The van der Waals surface area contributed by atoms with Crippen molar-refractivity contribution < 1.29 is 14.4 Å². The number of imide groups is 1. The van der Waals surface area contributed by atoms with Gasteiger partial charge in [0.05, 0.1) is 35.8 Å². The Morgan fingerprint density at radius 1 is 0.938 bits per heavy atom. The summed E-state index contributed by atoms with van der Waals surface area (Å²) in [6.07, 6.45) is 9.68. The molecule has 0 radical (unpaired) electrons. The number of hydrogen-bond donors (Lipinski definition) is 1. The third kappa shape index (κ3) is 4.77. The second-order valence-electron chi connectivity index (χ2n) is 7.80. The standard InChI is InChI=1S/C23H26N6O3/c1-2-27-14-17(12-24-27)15-28-16-18(13-25-28)26-21(30)10-4-3-7-11-29-22(31)19-8-5-6-9-20(19)23(29)32/h5-6,8-9,12-14,16H,2-4,7,10-11,15H2,1H3,(H,26,30).